The second kappa shape index (κ2) is 8.43. The lowest BCUT2D eigenvalue weighted by atomic mass is 10.0. The number of nitrogen functional groups attached to an aromatic ring is 1. The van der Waals surface area contributed by atoms with Crippen molar-refractivity contribution in [2.75, 3.05) is 18.0 Å². The summed E-state index contributed by atoms with van der Waals surface area (Å²) in [5, 5.41) is 13.7. The molecule has 1 aliphatic heterocycles. The van der Waals surface area contributed by atoms with Gasteiger partial charge in [0.2, 0.25) is 17.9 Å². The van der Waals surface area contributed by atoms with Crippen LogP contribution in [0.2, 0.25) is 0 Å². The van der Waals surface area contributed by atoms with Gasteiger partial charge < -0.3 is 20.6 Å². The fraction of sp³-hybridized carbons (Fsp3) is 0.174. The summed E-state index contributed by atoms with van der Waals surface area (Å²) in [6, 6.07) is 19.6. The summed E-state index contributed by atoms with van der Waals surface area (Å²) in [5.74, 6) is 8.01. The maximum absolute atomic E-state index is 12.7. The van der Waals surface area contributed by atoms with E-state index in [1.807, 2.05) is 18.2 Å². The molecule has 0 radical (unpaired) electrons. The monoisotopic (exact) mass is 447 g/mol. The van der Waals surface area contributed by atoms with Gasteiger partial charge in [-0.2, -0.15) is 0 Å². The van der Waals surface area contributed by atoms with E-state index in [4.69, 9.17) is 15.3 Å². The lowest BCUT2D eigenvalue weighted by Gasteiger charge is -2.12. The van der Waals surface area contributed by atoms with Crippen LogP contribution >= 0.6 is 11.8 Å². The molecule has 0 aliphatic carbocycles. The maximum Gasteiger partial charge on any atom is 0.237 e. The molecular weight excluding hydrogens is 426 g/mol. The Bertz CT molecular complexity index is 1300. The summed E-state index contributed by atoms with van der Waals surface area (Å²) in [4.78, 5) is 12.7. The van der Waals surface area contributed by atoms with Crippen molar-refractivity contribution < 1.29 is 14.3 Å². The van der Waals surface area contributed by atoms with Crippen molar-refractivity contribution in [3.8, 4) is 11.5 Å². The number of aromatic nitrogens is 3. The number of fused-ring (bicyclic) bond motifs is 2. The first kappa shape index (κ1) is 20.2. The minimum absolute atomic E-state index is 0.174. The highest BCUT2D eigenvalue weighted by Crippen LogP contribution is 2.34. The number of rotatable bonds is 6. The lowest BCUT2D eigenvalue weighted by Crippen LogP contribution is -2.24. The van der Waals surface area contributed by atoms with Crippen LogP contribution in [0.3, 0.4) is 0 Å². The Morgan fingerprint density at radius 1 is 1.12 bits per heavy atom. The van der Waals surface area contributed by atoms with Crippen LogP contribution in [0.4, 0.5) is 5.69 Å². The van der Waals surface area contributed by atoms with Gasteiger partial charge in [0, 0.05) is 18.2 Å². The van der Waals surface area contributed by atoms with Gasteiger partial charge in [0.05, 0.1) is 5.25 Å². The Balaban J connectivity index is 1.27. The Labute approximate surface area is 188 Å². The molecule has 1 amide bonds. The Morgan fingerprint density at radius 2 is 1.94 bits per heavy atom. The number of anilines is 1. The molecule has 2 heterocycles. The SMILES string of the molecule is C[C@H](Sc1nnc(Cc2cccc3ccccc23)n1N)C(=O)Nc1ccc2c(c1)OCO2. The quantitative estimate of drug-likeness (QED) is 0.344. The van der Waals surface area contributed by atoms with Crippen molar-refractivity contribution in [2.24, 2.45) is 0 Å². The number of benzene rings is 3. The van der Waals surface area contributed by atoms with Gasteiger partial charge in [0.15, 0.2) is 17.3 Å². The smallest absolute Gasteiger partial charge is 0.237 e. The fourth-order valence-electron chi connectivity index (χ4n) is 3.55. The fourth-order valence-corrected chi connectivity index (χ4v) is 4.34. The molecular formula is C23H21N5O3S. The third-order valence-electron chi connectivity index (χ3n) is 5.26. The van der Waals surface area contributed by atoms with Crippen LogP contribution < -0.4 is 20.6 Å². The topological polar surface area (TPSA) is 104 Å². The van der Waals surface area contributed by atoms with E-state index in [0.29, 0.717) is 34.6 Å². The van der Waals surface area contributed by atoms with Crippen LogP contribution in [-0.2, 0) is 11.2 Å². The molecule has 0 saturated heterocycles. The molecule has 0 saturated carbocycles. The van der Waals surface area contributed by atoms with E-state index in [2.05, 4.69) is 39.8 Å². The van der Waals surface area contributed by atoms with E-state index < -0.39 is 5.25 Å². The van der Waals surface area contributed by atoms with Gasteiger partial charge in [-0.25, -0.2) is 4.68 Å². The van der Waals surface area contributed by atoms with E-state index in [0.717, 1.165) is 16.3 Å². The molecule has 1 aromatic heterocycles. The number of nitrogens with zero attached hydrogens (tertiary/aromatic N) is 3. The average Bonchev–Trinajstić information content (AvgIpc) is 3.41. The molecule has 0 fully saturated rings. The lowest BCUT2D eigenvalue weighted by molar-refractivity contribution is -0.115. The molecule has 0 unspecified atom stereocenters. The van der Waals surface area contributed by atoms with Crippen LogP contribution in [0.1, 0.15) is 18.3 Å². The van der Waals surface area contributed by atoms with Gasteiger partial charge in [-0.1, -0.05) is 54.2 Å². The van der Waals surface area contributed by atoms with Crippen molar-refractivity contribution in [2.45, 2.75) is 23.8 Å². The second-order valence-corrected chi connectivity index (χ2v) is 8.71. The highest BCUT2D eigenvalue weighted by atomic mass is 32.2. The molecule has 162 valence electrons. The Kier molecular flexibility index (Phi) is 5.32. The maximum atomic E-state index is 12.7. The number of nitrogens with one attached hydrogen (secondary N) is 1. The Hall–Kier alpha value is -3.72. The molecule has 1 aliphatic rings. The molecule has 4 aromatic rings. The van der Waals surface area contributed by atoms with E-state index in [1.54, 1.807) is 25.1 Å². The normalized spacial score (nSPS) is 13.3. The number of hydrogen-bond donors (Lipinski definition) is 2. The van der Waals surface area contributed by atoms with E-state index in [1.165, 1.54) is 16.4 Å². The van der Waals surface area contributed by atoms with Crippen molar-refractivity contribution in [1.82, 2.24) is 14.9 Å². The first-order valence-electron chi connectivity index (χ1n) is 10.1. The molecule has 8 nitrogen and oxygen atoms in total. The molecule has 3 N–H and O–H groups in total. The number of nitrogens with two attached hydrogens (primary N) is 1. The number of carbonyl (C=O) groups is 1. The number of hydrogen-bond acceptors (Lipinski definition) is 7. The highest BCUT2D eigenvalue weighted by molar-refractivity contribution is 8.00. The molecule has 0 bridgehead atoms. The first-order valence-corrected chi connectivity index (χ1v) is 11.0. The predicted octanol–water partition coefficient (Wildman–Crippen LogP) is 3.58. The largest absolute Gasteiger partial charge is 0.454 e. The van der Waals surface area contributed by atoms with Gasteiger partial charge in [0.25, 0.3) is 0 Å². The molecule has 5 rings (SSSR count). The van der Waals surface area contributed by atoms with Gasteiger partial charge in [-0.15, -0.1) is 10.2 Å². The van der Waals surface area contributed by atoms with Crippen LogP contribution in [0, 0.1) is 0 Å². The number of carbonyl (C=O) groups excluding carboxylic acids is 1. The predicted molar refractivity (Wildman–Crippen MR) is 123 cm³/mol. The molecule has 9 heteroatoms. The van der Waals surface area contributed by atoms with Gasteiger partial charge >= 0.3 is 0 Å². The molecule has 1 atom stereocenters. The zero-order valence-electron chi connectivity index (χ0n) is 17.3. The van der Waals surface area contributed by atoms with Crippen LogP contribution in [0.5, 0.6) is 11.5 Å². The van der Waals surface area contributed by atoms with Crippen molar-refractivity contribution >= 4 is 34.1 Å². The third kappa shape index (κ3) is 3.94. The van der Waals surface area contributed by atoms with E-state index in [9.17, 15) is 4.79 Å². The number of ether oxygens (including phenoxy) is 2. The summed E-state index contributed by atoms with van der Waals surface area (Å²) < 4.78 is 12.1. The standard InChI is InChI=1S/C23H21N5O3S/c1-14(22(29)25-17-9-10-19-20(12-17)31-13-30-19)32-23-27-26-21(28(23)24)11-16-7-4-6-15-5-2-3-8-18(15)16/h2-10,12,14H,11,13,24H2,1H3,(H,25,29)/t14-/m0/s1. The summed E-state index contributed by atoms with van der Waals surface area (Å²) in [6.45, 7) is 1.98. The van der Waals surface area contributed by atoms with Crippen LogP contribution in [0.25, 0.3) is 10.8 Å². The van der Waals surface area contributed by atoms with Crippen molar-refractivity contribution in [1.29, 1.82) is 0 Å². The first-order chi connectivity index (χ1) is 15.6. The minimum Gasteiger partial charge on any atom is -0.454 e. The summed E-state index contributed by atoms with van der Waals surface area (Å²) in [6.07, 6.45) is 0.545. The minimum atomic E-state index is -0.433. The second-order valence-electron chi connectivity index (χ2n) is 7.40. The molecule has 3 aromatic carbocycles. The zero-order valence-corrected chi connectivity index (χ0v) is 18.1. The highest BCUT2D eigenvalue weighted by Gasteiger charge is 2.21. The summed E-state index contributed by atoms with van der Waals surface area (Å²) in [7, 11) is 0. The van der Waals surface area contributed by atoms with E-state index in [-0.39, 0.29) is 12.7 Å². The Morgan fingerprint density at radius 3 is 2.84 bits per heavy atom. The number of thioether (sulfide) groups is 1. The van der Waals surface area contributed by atoms with Gasteiger partial charge in [0.1, 0.15) is 0 Å². The van der Waals surface area contributed by atoms with Crippen LogP contribution in [0.15, 0.2) is 65.8 Å². The third-order valence-corrected chi connectivity index (χ3v) is 6.31. The molecule has 32 heavy (non-hydrogen) atoms. The van der Waals surface area contributed by atoms with E-state index >= 15 is 0 Å². The number of amides is 1. The summed E-state index contributed by atoms with van der Waals surface area (Å²) >= 11 is 1.25. The van der Waals surface area contributed by atoms with Crippen LogP contribution in [-0.4, -0.2) is 32.8 Å². The molecule has 0 spiro atoms. The zero-order chi connectivity index (χ0) is 22.1. The summed E-state index contributed by atoms with van der Waals surface area (Å²) in [5.41, 5.74) is 1.75. The van der Waals surface area contributed by atoms with Gasteiger partial charge in [-0.3, -0.25) is 4.79 Å². The average molecular weight is 448 g/mol. The van der Waals surface area contributed by atoms with Crippen molar-refractivity contribution in [3.05, 3.63) is 72.1 Å². The van der Waals surface area contributed by atoms with Crippen molar-refractivity contribution in [3.63, 3.8) is 0 Å². The van der Waals surface area contributed by atoms with Gasteiger partial charge in [-0.05, 0) is 35.4 Å².